The Bertz CT molecular complexity index is 1090. The van der Waals surface area contributed by atoms with Gasteiger partial charge >= 0.3 is 7.12 Å². The highest BCUT2D eigenvalue weighted by molar-refractivity contribution is 6.59. The SMILES string of the molecule is Cc1ccc2cc3ccccc3cc2c1NCc1ccccc1B(O)O. The fourth-order valence-corrected chi connectivity index (χ4v) is 3.49. The fourth-order valence-electron chi connectivity index (χ4n) is 3.49. The van der Waals surface area contributed by atoms with Crippen LogP contribution in [-0.2, 0) is 6.54 Å². The van der Waals surface area contributed by atoms with Crippen molar-refractivity contribution in [2.75, 3.05) is 5.32 Å². The average Bonchev–Trinajstić information content (AvgIpc) is 2.66. The Morgan fingerprint density at radius 3 is 2.27 bits per heavy atom. The van der Waals surface area contributed by atoms with Crippen molar-refractivity contribution in [2.45, 2.75) is 13.5 Å². The molecular formula is C22H20BNO2. The van der Waals surface area contributed by atoms with E-state index in [1.165, 1.54) is 21.5 Å². The molecule has 26 heavy (non-hydrogen) atoms. The zero-order chi connectivity index (χ0) is 18.1. The van der Waals surface area contributed by atoms with Gasteiger partial charge in [0.05, 0.1) is 0 Å². The molecule has 4 heteroatoms. The standard InChI is InChI=1S/C22H20BNO2/c1-15-10-11-18-12-16-6-2-3-7-17(16)13-20(18)22(15)24-14-19-8-4-5-9-21(19)23(25)26/h2-13,24-26H,14H2,1H3. The lowest BCUT2D eigenvalue weighted by Crippen LogP contribution is -2.33. The second-order valence-electron chi connectivity index (χ2n) is 6.60. The Morgan fingerprint density at radius 1 is 0.808 bits per heavy atom. The molecule has 4 rings (SSSR count). The molecule has 0 radical (unpaired) electrons. The van der Waals surface area contributed by atoms with Crippen LogP contribution >= 0.6 is 0 Å². The van der Waals surface area contributed by atoms with Crippen LogP contribution < -0.4 is 10.8 Å². The minimum Gasteiger partial charge on any atom is -0.423 e. The number of aryl methyl sites for hydroxylation is 1. The second-order valence-corrected chi connectivity index (χ2v) is 6.60. The van der Waals surface area contributed by atoms with E-state index < -0.39 is 7.12 Å². The van der Waals surface area contributed by atoms with E-state index in [0.717, 1.165) is 16.8 Å². The van der Waals surface area contributed by atoms with Gasteiger partial charge in [-0.05, 0) is 51.8 Å². The summed E-state index contributed by atoms with van der Waals surface area (Å²) < 4.78 is 0. The number of fused-ring (bicyclic) bond motifs is 2. The topological polar surface area (TPSA) is 52.5 Å². The van der Waals surface area contributed by atoms with Crippen molar-refractivity contribution in [3.05, 3.63) is 83.9 Å². The number of rotatable bonds is 4. The molecule has 3 N–H and O–H groups in total. The molecule has 0 unspecified atom stereocenters. The van der Waals surface area contributed by atoms with E-state index in [1.807, 2.05) is 18.2 Å². The summed E-state index contributed by atoms with van der Waals surface area (Å²) in [7, 11) is -1.47. The summed E-state index contributed by atoms with van der Waals surface area (Å²) >= 11 is 0. The highest BCUT2D eigenvalue weighted by Gasteiger charge is 2.15. The lowest BCUT2D eigenvalue weighted by molar-refractivity contribution is 0.425. The van der Waals surface area contributed by atoms with Crippen molar-refractivity contribution >= 4 is 39.8 Å². The molecule has 128 valence electrons. The second kappa shape index (κ2) is 6.83. The highest BCUT2D eigenvalue weighted by atomic mass is 16.4. The molecule has 0 fully saturated rings. The lowest BCUT2D eigenvalue weighted by atomic mass is 9.77. The van der Waals surface area contributed by atoms with Gasteiger partial charge in [0.15, 0.2) is 0 Å². The molecule has 0 saturated carbocycles. The van der Waals surface area contributed by atoms with Crippen molar-refractivity contribution in [1.29, 1.82) is 0 Å². The molecule has 4 aromatic rings. The van der Waals surface area contributed by atoms with E-state index in [0.29, 0.717) is 12.0 Å². The van der Waals surface area contributed by atoms with E-state index in [1.54, 1.807) is 6.07 Å². The van der Waals surface area contributed by atoms with Crippen molar-refractivity contribution < 1.29 is 10.0 Å². The monoisotopic (exact) mass is 341 g/mol. The minimum atomic E-state index is -1.47. The van der Waals surface area contributed by atoms with Crippen LogP contribution in [0.25, 0.3) is 21.5 Å². The Balaban J connectivity index is 1.76. The predicted octanol–water partition coefficient (Wildman–Crippen LogP) is 3.59. The van der Waals surface area contributed by atoms with Crippen LogP contribution in [0.1, 0.15) is 11.1 Å². The van der Waals surface area contributed by atoms with Crippen LogP contribution in [0.3, 0.4) is 0 Å². The number of anilines is 1. The van der Waals surface area contributed by atoms with Gasteiger partial charge in [0.2, 0.25) is 0 Å². The Labute approximate surface area is 153 Å². The summed E-state index contributed by atoms with van der Waals surface area (Å²) in [5, 5.41) is 27.5. The molecule has 0 bridgehead atoms. The van der Waals surface area contributed by atoms with Gasteiger partial charge in [0.25, 0.3) is 0 Å². The van der Waals surface area contributed by atoms with Gasteiger partial charge in [-0.1, -0.05) is 60.7 Å². The zero-order valence-electron chi connectivity index (χ0n) is 14.6. The summed E-state index contributed by atoms with van der Waals surface area (Å²) in [5.74, 6) is 0. The quantitative estimate of drug-likeness (QED) is 0.393. The summed E-state index contributed by atoms with van der Waals surface area (Å²) in [6.45, 7) is 2.62. The molecule has 0 aliphatic rings. The number of benzene rings is 4. The van der Waals surface area contributed by atoms with Crippen LogP contribution in [0.15, 0.2) is 72.8 Å². The van der Waals surface area contributed by atoms with Crippen LogP contribution in [-0.4, -0.2) is 17.2 Å². The first kappa shape index (κ1) is 16.6. The molecule has 0 aliphatic carbocycles. The van der Waals surface area contributed by atoms with Crippen molar-refractivity contribution in [3.8, 4) is 0 Å². The molecule has 0 heterocycles. The van der Waals surface area contributed by atoms with E-state index in [4.69, 9.17) is 0 Å². The molecule has 0 aromatic heterocycles. The summed E-state index contributed by atoms with van der Waals surface area (Å²) in [6, 6.07) is 24.4. The van der Waals surface area contributed by atoms with Gasteiger partial charge in [-0.2, -0.15) is 0 Å². The minimum absolute atomic E-state index is 0.528. The first-order chi connectivity index (χ1) is 12.6. The van der Waals surface area contributed by atoms with Crippen LogP contribution in [0.2, 0.25) is 0 Å². The van der Waals surface area contributed by atoms with Crippen molar-refractivity contribution in [2.24, 2.45) is 0 Å². The summed E-state index contributed by atoms with van der Waals surface area (Å²) in [5.41, 5.74) is 3.65. The Hall–Kier alpha value is -2.82. The van der Waals surface area contributed by atoms with Crippen LogP contribution in [0.5, 0.6) is 0 Å². The molecule has 0 amide bonds. The fraction of sp³-hybridized carbons (Fsp3) is 0.0909. The summed E-state index contributed by atoms with van der Waals surface area (Å²) in [4.78, 5) is 0. The van der Waals surface area contributed by atoms with Gasteiger partial charge in [-0.3, -0.25) is 0 Å². The molecule has 0 atom stereocenters. The van der Waals surface area contributed by atoms with E-state index in [2.05, 4.69) is 60.8 Å². The van der Waals surface area contributed by atoms with Crippen molar-refractivity contribution in [1.82, 2.24) is 0 Å². The molecule has 3 nitrogen and oxygen atoms in total. The zero-order valence-corrected chi connectivity index (χ0v) is 14.6. The van der Waals surface area contributed by atoms with Gasteiger partial charge in [-0.25, -0.2) is 0 Å². The summed E-state index contributed by atoms with van der Waals surface area (Å²) in [6.07, 6.45) is 0. The normalized spacial score (nSPS) is 11.0. The number of hydrogen-bond acceptors (Lipinski definition) is 3. The third kappa shape index (κ3) is 3.05. The molecule has 0 aliphatic heterocycles. The Kier molecular flexibility index (Phi) is 4.37. The highest BCUT2D eigenvalue weighted by Crippen LogP contribution is 2.31. The molecule has 4 aromatic carbocycles. The van der Waals surface area contributed by atoms with E-state index >= 15 is 0 Å². The maximum atomic E-state index is 9.57. The molecular weight excluding hydrogens is 321 g/mol. The average molecular weight is 341 g/mol. The van der Waals surface area contributed by atoms with E-state index in [9.17, 15) is 10.0 Å². The van der Waals surface area contributed by atoms with E-state index in [-0.39, 0.29) is 0 Å². The molecule has 0 saturated heterocycles. The predicted molar refractivity (Wildman–Crippen MR) is 110 cm³/mol. The van der Waals surface area contributed by atoms with Gasteiger partial charge in [0.1, 0.15) is 0 Å². The maximum absolute atomic E-state index is 9.57. The number of nitrogens with one attached hydrogen (secondary N) is 1. The lowest BCUT2D eigenvalue weighted by Gasteiger charge is -2.16. The smallest absolute Gasteiger partial charge is 0.423 e. The first-order valence-electron chi connectivity index (χ1n) is 8.73. The van der Waals surface area contributed by atoms with Gasteiger partial charge < -0.3 is 15.4 Å². The van der Waals surface area contributed by atoms with Gasteiger partial charge in [-0.15, -0.1) is 0 Å². The van der Waals surface area contributed by atoms with Crippen molar-refractivity contribution in [3.63, 3.8) is 0 Å². The van der Waals surface area contributed by atoms with Crippen LogP contribution in [0, 0.1) is 6.92 Å². The Morgan fingerprint density at radius 2 is 1.50 bits per heavy atom. The first-order valence-corrected chi connectivity index (χ1v) is 8.73. The largest absolute Gasteiger partial charge is 0.488 e. The third-order valence-electron chi connectivity index (χ3n) is 4.88. The molecule has 0 spiro atoms. The number of hydrogen-bond donors (Lipinski definition) is 3. The third-order valence-corrected chi connectivity index (χ3v) is 4.88. The van der Waals surface area contributed by atoms with Gasteiger partial charge in [0, 0.05) is 17.6 Å². The van der Waals surface area contributed by atoms with Crippen LogP contribution in [0.4, 0.5) is 5.69 Å². The maximum Gasteiger partial charge on any atom is 0.488 e.